The van der Waals surface area contributed by atoms with Gasteiger partial charge in [0.1, 0.15) is 0 Å². The second-order valence-electron chi connectivity index (χ2n) is 5.28. The van der Waals surface area contributed by atoms with Crippen molar-refractivity contribution in [2.24, 2.45) is 0 Å². The Kier molecular flexibility index (Phi) is 7.32. The lowest BCUT2D eigenvalue weighted by Gasteiger charge is -2.00. The smallest absolute Gasteiger partial charge is 0.199 e. The zero-order chi connectivity index (χ0) is 18.8. The van der Waals surface area contributed by atoms with Crippen LogP contribution in [0.5, 0.6) is 0 Å². The Hall–Kier alpha value is -3.19. The Morgan fingerprint density at radius 1 is 1.27 bits per heavy atom. The number of methoxy groups -OCH3 is 1. The topological polar surface area (TPSA) is 92.0 Å². The van der Waals surface area contributed by atoms with Gasteiger partial charge in [-0.3, -0.25) is 0 Å². The van der Waals surface area contributed by atoms with Crippen molar-refractivity contribution in [2.75, 3.05) is 19.5 Å². The van der Waals surface area contributed by atoms with Crippen LogP contribution in [-0.4, -0.2) is 33.6 Å². The molecule has 0 aliphatic rings. The maximum atomic E-state index is 5.74. The summed E-state index contributed by atoms with van der Waals surface area (Å²) in [7, 11) is 1.68. The lowest BCUT2D eigenvalue weighted by Crippen LogP contribution is -1.99. The monoisotopic (exact) mass is 353 g/mol. The zero-order valence-electron chi connectivity index (χ0n) is 15.0. The third-order valence-electron chi connectivity index (χ3n) is 3.40. The second kappa shape index (κ2) is 9.95. The molecule has 0 atom stereocenters. The van der Waals surface area contributed by atoms with E-state index in [1.807, 2.05) is 60.2 Å². The molecule has 0 amide bonds. The molecule has 0 saturated heterocycles. The van der Waals surface area contributed by atoms with Gasteiger partial charge >= 0.3 is 0 Å². The highest BCUT2D eigenvalue weighted by atomic mass is 16.6. The van der Waals surface area contributed by atoms with E-state index in [1.165, 1.54) is 0 Å². The van der Waals surface area contributed by atoms with Crippen LogP contribution in [-0.2, 0) is 11.3 Å². The summed E-state index contributed by atoms with van der Waals surface area (Å²) in [6, 6.07) is 9.88. The van der Waals surface area contributed by atoms with Crippen LogP contribution in [0.1, 0.15) is 6.92 Å². The van der Waals surface area contributed by atoms with E-state index < -0.39 is 0 Å². The molecular formula is C19H23N5O2. The van der Waals surface area contributed by atoms with Crippen molar-refractivity contribution in [2.45, 2.75) is 13.5 Å². The van der Waals surface area contributed by atoms with Crippen LogP contribution in [0.25, 0.3) is 22.8 Å². The van der Waals surface area contributed by atoms with Crippen LogP contribution in [0.3, 0.4) is 0 Å². The first-order chi connectivity index (χ1) is 12.7. The van der Waals surface area contributed by atoms with Crippen LogP contribution < -0.4 is 5.73 Å². The number of hydrogen-bond donors (Lipinski definition) is 1. The number of anilines is 1. The molecule has 7 heteroatoms. The normalized spacial score (nSPS) is 10.5. The van der Waals surface area contributed by atoms with Crippen molar-refractivity contribution in [3.05, 3.63) is 61.3 Å². The first-order valence-electron chi connectivity index (χ1n) is 8.13. The fourth-order valence-electron chi connectivity index (χ4n) is 2.17. The SMILES string of the molecule is C/C=C\COC.C=CCn1cc(-c2ccccc2)nc1-c1nonc1N. The van der Waals surface area contributed by atoms with Gasteiger partial charge in [-0.2, -0.15) is 0 Å². The minimum absolute atomic E-state index is 0.223. The largest absolute Gasteiger partial charge is 0.381 e. The quantitative estimate of drug-likeness (QED) is 0.681. The minimum atomic E-state index is 0.223. The van der Waals surface area contributed by atoms with Gasteiger partial charge in [-0.15, -0.1) is 6.58 Å². The number of nitrogens with two attached hydrogens (primary N) is 1. The van der Waals surface area contributed by atoms with Gasteiger partial charge in [-0.25, -0.2) is 9.61 Å². The number of nitrogens with zero attached hydrogens (tertiary/aromatic N) is 4. The molecule has 26 heavy (non-hydrogen) atoms. The summed E-state index contributed by atoms with van der Waals surface area (Å²) in [6.07, 6.45) is 7.63. The first-order valence-corrected chi connectivity index (χ1v) is 8.13. The Morgan fingerprint density at radius 2 is 2.04 bits per heavy atom. The summed E-state index contributed by atoms with van der Waals surface area (Å²) in [6.45, 7) is 7.05. The molecule has 0 saturated carbocycles. The molecule has 136 valence electrons. The van der Waals surface area contributed by atoms with Crippen molar-refractivity contribution in [3.8, 4) is 22.8 Å². The third-order valence-corrected chi connectivity index (χ3v) is 3.40. The molecule has 0 bridgehead atoms. The van der Waals surface area contributed by atoms with Crippen LogP contribution in [0.4, 0.5) is 5.82 Å². The zero-order valence-corrected chi connectivity index (χ0v) is 15.0. The maximum absolute atomic E-state index is 5.74. The Balaban J connectivity index is 0.000000352. The molecule has 0 fully saturated rings. The molecule has 7 nitrogen and oxygen atoms in total. The van der Waals surface area contributed by atoms with E-state index in [-0.39, 0.29) is 5.82 Å². The predicted octanol–water partition coefficient (Wildman–Crippen LogP) is 3.58. The van der Waals surface area contributed by atoms with E-state index in [9.17, 15) is 0 Å². The molecule has 2 aromatic heterocycles. The summed E-state index contributed by atoms with van der Waals surface area (Å²) < 4.78 is 11.2. The molecule has 2 N–H and O–H groups in total. The van der Waals surface area contributed by atoms with Gasteiger partial charge in [0.25, 0.3) is 0 Å². The van der Waals surface area contributed by atoms with Gasteiger partial charge in [0.05, 0.1) is 12.3 Å². The molecule has 1 aromatic carbocycles. The third kappa shape index (κ3) is 4.90. The number of hydrogen-bond acceptors (Lipinski definition) is 6. The number of imidazole rings is 1. The lowest BCUT2D eigenvalue weighted by atomic mass is 10.2. The Labute approximate surface area is 152 Å². The molecular weight excluding hydrogens is 330 g/mol. The summed E-state index contributed by atoms with van der Waals surface area (Å²) in [4.78, 5) is 4.58. The molecule has 0 radical (unpaired) electrons. The van der Waals surface area contributed by atoms with Gasteiger partial charge in [0, 0.05) is 25.4 Å². The van der Waals surface area contributed by atoms with Crippen molar-refractivity contribution in [1.29, 1.82) is 0 Å². The highest BCUT2D eigenvalue weighted by Crippen LogP contribution is 2.26. The van der Waals surface area contributed by atoms with E-state index >= 15 is 0 Å². The fourth-order valence-corrected chi connectivity index (χ4v) is 2.17. The summed E-state index contributed by atoms with van der Waals surface area (Å²) in [5, 5.41) is 7.40. The van der Waals surface area contributed by atoms with Crippen LogP contribution >= 0.6 is 0 Å². The van der Waals surface area contributed by atoms with E-state index in [2.05, 4.69) is 26.5 Å². The molecule has 0 unspecified atom stereocenters. The van der Waals surface area contributed by atoms with Gasteiger partial charge in [0.15, 0.2) is 17.3 Å². The van der Waals surface area contributed by atoms with Gasteiger partial charge in [-0.05, 0) is 17.2 Å². The highest BCUT2D eigenvalue weighted by molar-refractivity contribution is 5.68. The second-order valence-corrected chi connectivity index (χ2v) is 5.28. The molecule has 2 heterocycles. The minimum Gasteiger partial charge on any atom is -0.381 e. The molecule has 0 aliphatic heterocycles. The Morgan fingerprint density at radius 3 is 2.58 bits per heavy atom. The van der Waals surface area contributed by atoms with Crippen LogP contribution in [0, 0.1) is 0 Å². The average Bonchev–Trinajstić information content (AvgIpc) is 3.27. The number of allylic oxidation sites excluding steroid dienone is 2. The van der Waals surface area contributed by atoms with Crippen molar-refractivity contribution < 1.29 is 9.37 Å². The number of nitrogen functional groups attached to an aromatic ring is 1. The predicted molar refractivity (Wildman–Crippen MR) is 102 cm³/mol. The van der Waals surface area contributed by atoms with Gasteiger partial charge in [-0.1, -0.05) is 48.6 Å². The number of benzene rings is 1. The van der Waals surface area contributed by atoms with E-state index in [0.717, 1.165) is 17.9 Å². The number of rotatable bonds is 6. The first kappa shape index (κ1) is 19.1. The summed E-state index contributed by atoms with van der Waals surface area (Å²) in [5.41, 5.74) is 8.04. The molecule has 0 spiro atoms. The molecule has 0 aliphatic carbocycles. The lowest BCUT2D eigenvalue weighted by molar-refractivity contribution is 0.234. The summed E-state index contributed by atoms with van der Waals surface area (Å²) >= 11 is 0. The molecule has 3 aromatic rings. The van der Waals surface area contributed by atoms with E-state index in [0.29, 0.717) is 18.1 Å². The van der Waals surface area contributed by atoms with Gasteiger partial charge < -0.3 is 15.0 Å². The van der Waals surface area contributed by atoms with E-state index in [1.54, 1.807) is 13.2 Å². The van der Waals surface area contributed by atoms with Crippen LogP contribution in [0.2, 0.25) is 0 Å². The average molecular weight is 353 g/mol. The Bertz CT molecular complexity index is 837. The van der Waals surface area contributed by atoms with E-state index in [4.69, 9.17) is 10.5 Å². The van der Waals surface area contributed by atoms with Crippen molar-refractivity contribution in [1.82, 2.24) is 19.9 Å². The maximum Gasteiger partial charge on any atom is 0.199 e. The fraction of sp³-hybridized carbons (Fsp3) is 0.211. The van der Waals surface area contributed by atoms with Gasteiger partial charge in [0.2, 0.25) is 0 Å². The summed E-state index contributed by atoms with van der Waals surface area (Å²) in [5.74, 6) is 0.836. The highest BCUT2D eigenvalue weighted by Gasteiger charge is 2.17. The van der Waals surface area contributed by atoms with Crippen LogP contribution in [0.15, 0.2) is 66.0 Å². The van der Waals surface area contributed by atoms with Crippen molar-refractivity contribution in [3.63, 3.8) is 0 Å². The standard InChI is InChI=1S/C14H13N5O.C5H10O/c1-2-8-19-9-11(10-6-4-3-5-7-10)16-14(19)12-13(15)18-20-17-12;1-3-4-5-6-2/h2-7,9H,1,8H2,(H2,15,18);3-4H,5H2,1-2H3/b;4-3-. The number of aromatic nitrogens is 4. The van der Waals surface area contributed by atoms with Crippen molar-refractivity contribution >= 4 is 5.82 Å². The molecule has 3 rings (SSSR count). The number of ether oxygens (including phenoxy) is 1.